The topological polar surface area (TPSA) is 96.0 Å². The number of amides is 2. The second-order valence-corrected chi connectivity index (χ2v) is 11.9. The fraction of sp³-hybridized carbons (Fsp3) is 0.333. The number of rotatable bonds is 13. The molecule has 0 aliphatic rings. The number of ether oxygens (including phenoxy) is 1. The fourth-order valence-corrected chi connectivity index (χ4v) is 5.83. The molecule has 11 heteroatoms. The van der Waals surface area contributed by atoms with E-state index in [1.165, 1.54) is 53.4 Å². The van der Waals surface area contributed by atoms with Crippen LogP contribution < -0.4 is 14.4 Å². The van der Waals surface area contributed by atoms with Gasteiger partial charge in [-0.05, 0) is 81.3 Å². The summed E-state index contributed by atoms with van der Waals surface area (Å²) in [7, 11) is -4.29. The first-order valence-corrected chi connectivity index (χ1v) is 15.1. The summed E-state index contributed by atoms with van der Waals surface area (Å²) in [4.78, 5) is 28.5. The summed E-state index contributed by atoms with van der Waals surface area (Å²) in [6.07, 6.45) is 0.269. The van der Waals surface area contributed by atoms with Crippen molar-refractivity contribution in [3.05, 3.63) is 89.2 Å². The molecule has 3 aromatic carbocycles. The van der Waals surface area contributed by atoms with Crippen LogP contribution >= 0.6 is 11.6 Å². The van der Waals surface area contributed by atoms with Gasteiger partial charge in [-0.1, -0.05) is 42.8 Å². The maximum atomic E-state index is 14.1. The smallest absolute Gasteiger partial charge is 0.264 e. The molecule has 0 spiro atoms. The number of benzene rings is 3. The summed E-state index contributed by atoms with van der Waals surface area (Å²) in [5.74, 6) is -1.16. The Morgan fingerprint density at radius 1 is 0.976 bits per heavy atom. The molecular formula is C30H35ClFN3O5S. The van der Waals surface area contributed by atoms with E-state index in [0.717, 1.165) is 4.31 Å². The zero-order valence-electron chi connectivity index (χ0n) is 23.5. The number of carbonyl (C=O) groups excluding carboxylic acids is 2. The molecule has 0 aliphatic carbocycles. The first kappa shape index (κ1) is 31.9. The molecule has 8 nitrogen and oxygen atoms in total. The molecule has 2 amide bonds. The molecule has 0 aromatic heterocycles. The lowest BCUT2D eigenvalue weighted by molar-refractivity contribution is -0.140. The third kappa shape index (κ3) is 8.20. The number of hydrogen-bond acceptors (Lipinski definition) is 5. The second kappa shape index (κ2) is 14.3. The summed E-state index contributed by atoms with van der Waals surface area (Å²) in [5, 5.41) is 3.19. The van der Waals surface area contributed by atoms with Gasteiger partial charge in [0.15, 0.2) is 0 Å². The Hall–Kier alpha value is -3.63. The minimum Gasteiger partial charge on any atom is -0.492 e. The molecule has 0 saturated heterocycles. The van der Waals surface area contributed by atoms with Crippen molar-refractivity contribution < 1.29 is 27.1 Å². The van der Waals surface area contributed by atoms with Gasteiger partial charge in [0.2, 0.25) is 11.8 Å². The van der Waals surface area contributed by atoms with Gasteiger partial charge in [0.1, 0.15) is 24.2 Å². The molecule has 0 unspecified atom stereocenters. The molecule has 0 bridgehead atoms. The van der Waals surface area contributed by atoms with Crippen LogP contribution in [0.25, 0.3) is 0 Å². The van der Waals surface area contributed by atoms with Crippen molar-refractivity contribution in [3.8, 4) is 5.75 Å². The Morgan fingerprint density at radius 2 is 1.61 bits per heavy atom. The number of hydrogen-bond donors (Lipinski definition) is 1. The Labute approximate surface area is 246 Å². The van der Waals surface area contributed by atoms with Gasteiger partial charge in [-0.25, -0.2) is 12.8 Å². The van der Waals surface area contributed by atoms with Crippen LogP contribution in [0.15, 0.2) is 77.7 Å². The van der Waals surface area contributed by atoms with Gasteiger partial charge in [0, 0.05) is 17.6 Å². The minimum atomic E-state index is -4.29. The fourth-order valence-electron chi connectivity index (χ4n) is 4.27. The zero-order valence-corrected chi connectivity index (χ0v) is 25.1. The molecular weight excluding hydrogens is 569 g/mol. The monoisotopic (exact) mass is 603 g/mol. The van der Waals surface area contributed by atoms with Crippen LogP contribution in [0, 0.1) is 5.82 Å². The second-order valence-electron chi connectivity index (χ2n) is 9.60. The van der Waals surface area contributed by atoms with E-state index >= 15 is 0 Å². The van der Waals surface area contributed by atoms with Crippen molar-refractivity contribution in [2.45, 2.75) is 57.6 Å². The predicted molar refractivity (Wildman–Crippen MR) is 158 cm³/mol. The Bertz CT molecular complexity index is 1430. The lowest BCUT2D eigenvalue weighted by atomic mass is 10.1. The standard InChI is InChI=1S/C30H35ClFN3O5S/c1-5-26(30(37)33-21(3)4)34(19-22-11-15-24(32)16-12-22)29(36)20-35(27-9-7-8-10-28(27)40-6-2)41(38,39)25-17-13-23(31)14-18-25/h7-18,21,26H,5-6,19-20H2,1-4H3,(H,33,37)/t26-/m1/s1. The molecule has 41 heavy (non-hydrogen) atoms. The maximum Gasteiger partial charge on any atom is 0.264 e. The SMILES string of the molecule is CCOc1ccccc1N(CC(=O)N(Cc1ccc(F)cc1)[C@H](CC)C(=O)NC(C)C)S(=O)(=O)c1ccc(Cl)cc1. The zero-order chi connectivity index (χ0) is 30.2. The first-order chi connectivity index (χ1) is 19.5. The van der Waals surface area contributed by atoms with Crippen molar-refractivity contribution in [2.24, 2.45) is 0 Å². The third-order valence-electron chi connectivity index (χ3n) is 6.20. The van der Waals surface area contributed by atoms with E-state index in [1.807, 2.05) is 13.8 Å². The predicted octanol–water partition coefficient (Wildman–Crippen LogP) is 5.41. The van der Waals surface area contributed by atoms with Crippen LogP contribution in [0.1, 0.15) is 39.7 Å². The number of carbonyl (C=O) groups is 2. The first-order valence-electron chi connectivity index (χ1n) is 13.3. The van der Waals surface area contributed by atoms with E-state index in [1.54, 1.807) is 38.1 Å². The van der Waals surface area contributed by atoms with E-state index < -0.39 is 34.3 Å². The highest BCUT2D eigenvalue weighted by atomic mass is 35.5. The van der Waals surface area contributed by atoms with Crippen molar-refractivity contribution in [1.29, 1.82) is 0 Å². The van der Waals surface area contributed by atoms with Crippen LogP contribution in [0.4, 0.5) is 10.1 Å². The normalized spacial score (nSPS) is 12.1. The number of para-hydroxylation sites is 2. The van der Waals surface area contributed by atoms with Crippen LogP contribution in [0.2, 0.25) is 5.02 Å². The number of halogens is 2. The van der Waals surface area contributed by atoms with Crippen LogP contribution in [-0.2, 0) is 26.2 Å². The van der Waals surface area contributed by atoms with Gasteiger partial charge in [-0.2, -0.15) is 0 Å². The van der Waals surface area contributed by atoms with Crippen molar-refractivity contribution in [1.82, 2.24) is 10.2 Å². The molecule has 0 aliphatic heterocycles. The van der Waals surface area contributed by atoms with E-state index in [0.29, 0.717) is 10.6 Å². The molecule has 0 saturated carbocycles. The van der Waals surface area contributed by atoms with E-state index in [9.17, 15) is 22.4 Å². The number of anilines is 1. The summed E-state index contributed by atoms with van der Waals surface area (Å²) < 4.78 is 48.3. The van der Waals surface area contributed by atoms with Crippen molar-refractivity contribution >= 4 is 39.1 Å². The third-order valence-corrected chi connectivity index (χ3v) is 8.22. The van der Waals surface area contributed by atoms with E-state index in [-0.39, 0.29) is 47.9 Å². The molecule has 0 radical (unpaired) electrons. The largest absolute Gasteiger partial charge is 0.492 e. The molecule has 3 aromatic rings. The Kier molecular flexibility index (Phi) is 11.1. The highest BCUT2D eigenvalue weighted by Crippen LogP contribution is 2.33. The molecule has 0 fully saturated rings. The molecule has 1 N–H and O–H groups in total. The number of nitrogens with one attached hydrogen (secondary N) is 1. The lowest BCUT2D eigenvalue weighted by Gasteiger charge is -2.34. The van der Waals surface area contributed by atoms with Gasteiger partial charge in [-0.15, -0.1) is 0 Å². The van der Waals surface area contributed by atoms with Crippen LogP contribution in [0.3, 0.4) is 0 Å². The number of nitrogens with zero attached hydrogens (tertiary/aromatic N) is 2. The van der Waals surface area contributed by atoms with Gasteiger partial charge in [-0.3, -0.25) is 13.9 Å². The quantitative estimate of drug-likeness (QED) is 0.282. The summed E-state index contributed by atoms with van der Waals surface area (Å²) in [5.41, 5.74) is 0.747. The van der Waals surface area contributed by atoms with Crippen molar-refractivity contribution in [3.63, 3.8) is 0 Å². The van der Waals surface area contributed by atoms with Gasteiger partial charge >= 0.3 is 0 Å². The van der Waals surface area contributed by atoms with E-state index in [2.05, 4.69) is 5.32 Å². The Balaban J connectivity index is 2.11. The average molecular weight is 604 g/mol. The van der Waals surface area contributed by atoms with Crippen LogP contribution in [0.5, 0.6) is 5.75 Å². The van der Waals surface area contributed by atoms with Gasteiger partial charge < -0.3 is 15.0 Å². The molecule has 1 atom stereocenters. The molecule has 3 rings (SSSR count). The molecule has 0 heterocycles. The van der Waals surface area contributed by atoms with E-state index in [4.69, 9.17) is 16.3 Å². The summed E-state index contributed by atoms with van der Waals surface area (Å²) >= 11 is 6.00. The summed E-state index contributed by atoms with van der Waals surface area (Å²) in [6, 6.07) is 16.6. The highest BCUT2D eigenvalue weighted by molar-refractivity contribution is 7.92. The Morgan fingerprint density at radius 3 is 2.20 bits per heavy atom. The maximum absolute atomic E-state index is 14.1. The van der Waals surface area contributed by atoms with Crippen LogP contribution in [-0.4, -0.2) is 50.4 Å². The van der Waals surface area contributed by atoms with Gasteiger partial charge in [0.05, 0.1) is 17.2 Å². The summed E-state index contributed by atoms with van der Waals surface area (Å²) in [6.45, 7) is 6.76. The highest BCUT2D eigenvalue weighted by Gasteiger charge is 2.34. The molecule has 220 valence electrons. The lowest BCUT2D eigenvalue weighted by Crippen LogP contribution is -2.53. The number of sulfonamides is 1. The van der Waals surface area contributed by atoms with Crippen molar-refractivity contribution in [2.75, 3.05) is 17.5 Å². The average Bonchev–Trinajstić information content (AvgIpc) is 2.93. The van der Waals surface area contributed by atoms with Gasteiger partial charge in [0.25, 0.3) is 10.0 Å². The minimum absolute atomic E-state index is 0.0366.